The van der Waals surface area contributed by atoms with Gasteiger partial charge in [-0.25, -0.2) is 4.79 Å². The lowest BCUT2D eigenvalue weighted by Gasteiger charge is -2.12. The van der Waals surface area contributed by atoms with Gasteiger partial charge in [-0.3, -0.25) is 9.59 Å². The van der Waals surface area contributed by atoms with Crippen LogP contribution in [-0.4, -0.2) is 31.0 Å². The van der Waals surface area contributed by atoms with Gasteiger partial charge in [0.25, 0.3) is 0 Å². The number of esters is 2. The lowest BCUT2D eigenvalue weighted by atomic mass is 10.0. The summed E-state index contributed by atoms with van der Waals surface area (Å²) in [5, 5.41) is 3.06. The van der Waals surface area contributed by atoms with Crippen LogP contribution in [0.2, 0.25) is 0 Å². The summed E-state index contributed by atoms with van der Waals surface area (Å²) < 4.78 is 16.2. The second-order valence-electron chi connectivity index (χ2n) is 9.83. The molecule has 0 bridgehead atoms. The number of hydrogen-bond donors (Lipinski definition) is 1. The molecule has 7 nitrogen and oxygen atoms in total. The van der Waals surface area contributed by atoms with E-state index in [0.717, 1.165) is 57.2 Å². The van der Waals surface area contributed by atoms with Crippen molar-refractivity contribution in [2.45, 2.75) is 58.8 Å². The molecule has 0 aromatic heterocycles. The molecule has 1 unspecified atom stereocenters. The van der Waals surface area contributed by atoms with E-state index in [9.17, 15) is 14.4 Å². The molecule has 1 amide bonds. The Balaban J connectivity index is 1.20. The SMILES string of the molecule is CC(=O)Oc1ccc(C(=O)Oc2ccc(OCCCCCCCCNC(=O)C(C)Cc3ccccc3)cc2)cc1. The van der Waals surface area contributed by atoms with Gasteiger partial charge in [-0.2, -0.15) is 0 Å². The van der Waals surface area contributed by atoms with E-state index in [2.05, 4.69) is 17.4 Å². The molecular weight excluding hydrogens is 506 g/mol. The van der Waals surface area contributed by atoms with Crippen LogP contribution in [0.5, 0.6) is 17.2 Å². The maximum absolute atomic E-state index is 12.3. The van der Waals surface area contributed by atoms with Crippen molar-refractivity contribution < 1.29 is 28.6 Å². The second-order valence-corrected chi connectivity index (χ2v) is 9.83. The highest BCUT2D eigenvalue weighted by atomic mass is 16.5. The maximum Gasteiger partial charge on any atom is 0.343 e. The van der Waals surface area contributed by atoms with Crippen molar-refractivity contribution in [3.05, 3.63) is 90.0 Å². The summed E-state index contributed by atoms with van der Waals surface area (Å²) >= 11 is 0. The molecule has 3 aromatic rings. The minimum atomic E-state index is -0.497. The van der Waals surface area contributed by atoms with Crippen LogP contribution in [-0.2, 0) is 16.0 Å². The molecule has 0 radical (unpaired) electrons. The molecule has 3 aromatic carbocycles. The fraction of sp³-hybridized carbons (Fsp3) is 0.364. The number of benzene rings is 3. The van der Waals surface area contributed by atoms with E-state index in [1.807, 2.05) is 25.1 Å². The first kappa shape index (κ1) is 30.4. The lowest BCUT2D eigenvalue weighted by molar-refractivity contribution is -0.132. The van der Waals surface area contributed by atoms with Gasteiger partial charge in [-0.15, -0.1) is 0 Å². The van der Waals surface area contributed by atoms with Gasteiger partial charge in [0.1, 0.15) is 17.2 Å². The number of unbranched alkanes of at least 4 members (excludes halogenated alkanes) is 5. The summed E-state index contributed by atoms with van der Waals surface area (Å²) in [5.74, 6) is 0.702. The fourth-order valence-electron chi connectivity index (χ4n) is 4.17. The van der Waals surface area contributed by atoms with Gasteiger partial charge in [-0.1, -0.05) is 62.9 Å². The van der Waals surface area contributed by atoms with Crippen molar-refractivity contribution >= 4 is 17.8 Å². The minimum absolute atomic E-state index is 0.0207. The number of amides is 1. The molecule has 0 aliphatic rings. The number of nitrogens with one attached hydrogen (secondary N) is 1. The predicted octanol–water partition coefficient (Wildman–Crippen LogP) is 6.55. The largest absolute Gasteiger partial charge is 0.494 e. The van der Waals surface area contributed by atoms with Crippen LogP contribution >= 0.6 is 0 Å². The Kier molecular flexibility index (Phi) is 12.7. The molecular formula is C33H39NO6. The van der Waals surface area contributed by atoms with Crippen molar-refractivity contribution in [3.63, 3.8) is 0 Å². The van der Waals surface area contributed by atoms with E-state index in [-0.39, 0.29) is 11.8 Å². The van der Waals surface area contributed by atoms with Crippen LogP contribution in [0, 0.1) is 5.92 Å². The molecule has 7 heteroatoms. The van der Waals surface area contributed by atoms with E-state index in [4.69, 9.17) is 14.2 Å². The standard InChI is InChI=1S/C33H39NO6/c1-25(24-27-12-8-7-9-13-27)32(36)34-22-10-5-3-4-6-11-23-38-29-18-20-31(21-19-29)40-33(37)28-14-16-30(17-15-28)39-26(2)35/h7-9,12-21,25H,3-6,10-11,22-24H2,1-2H3,(H,34,36). The third kappa shape index (κ3) is 11.3. The van der Waals surface area contributed by atoms with Gasteiger partial charge in [0, 0.05) is 19.4 Å². The van der Waals surface area contributed by atoms with E-state index < -0.39 is 11.9 Å². The zero-order valence-electron chi connectivity index (χ0n) is 23.4. The topological polar surface area (TPSA) is 90.9 Å². The molecule has 0 spiro atoms. The van der Waals surface area contributed by atoms with Crippen LogP contribution in [0.1, 0.15) is 68.3 Å². The normalized spacial score (nSPS) is 11.3. The summed E-state index contributed by atoms with van der Waals surface area (Å²) in [6, 6.07) is 23.2. The Morgan fingerprint density at radius 1 is 0.700 bits per heavy atom. The Hall–Kier alpha value is -4.13. The molecule has 0 saturated heterocycles. The molecule has 1 N–H and O–H groups in total. The Bertz CT molecular complexity index is 1190. The summed E-state index contributed by atoms with van der Waals surface area (Å²) in [5.41, 5.74) is 1.55. The van der Waals surface area contributed by atoms with Gasteiger partial charge >= 0.3 is 11.9 Å². The van der Waals surface area contributed by atoms with Crippen LogP contribution in [0.15, 0.2) is 78.9 Å². The first-order valence-corrected chi connectivity index (χ1v) is 14.0. The zero-order chi connectivity index (χ0) is 28.6. The van der Waals surface area contributed by atoms with Gasteiger partial charge in [0.15, 0.2) is 0 Å². The minimum Gasteiger partial charge on any atom is -0.494 e. The average molecular weight is 546 g/mol. The first-order chi connectivity index (χ1) is 19.4. The molecule has 40 heavy (non-hydrogen) atoms. The van der Waals surface area contributed by atoms with Crippen molar-refractivity contribution in [1.82, 2.24) is 5.32 Å². The first-order valence-electron chi connectivity index (χ1n) is 14.0. The van der Waals surface area contributed by atoms with Crippen molar-refractivity contribution in [1.29, 1.82) is 0 Å². The fourth-order valence-corrected chi connectivity index (χ4v) is 4.17. The van der Waals surface area contributed by atoms with Crippen LogP contribution in [0.25, 0.3) is 0 Å². The Morgan fingerprint density at radius 2 is 1.27 bits per heavy atom. The van der Waals surface area contributed by atoms with Crippen molar-refractivity contribution in [3.8, 4) is 17.2 Å². The van der Waals surface area contributed by atoms with E-state index in [0.29, 0.717) is 23.7 Å². The van der Waals surface area contributed by atoms with Crippen molar-refractivity contribution in [2.75, 3.05) is 13.2 Å². The zero-order valence-corrected chi connectivity index (χ0v) is 23.4. The predicted molar refractivity (Wildman–Crippen MR) is 155 cm³/mol. The molecule has 0 heterocycles. The number of rotatable bonds is 16. The summed E-state index contributed by atoms with van der Waals surface area (Å²) in [4.78, 5) is 35.6. The Labute approximate surface area is 236 Å². The molecule has 0 aliphatic heterocycles. The monoisotopic (exact) mass is 545 g/mol. The molecule has 0 saturated carbocycles. The lowest BCUT2D eigenvalue weighted by Crippen LogP contribution is -2.31. The quantitative estimate of drug-likeness (QED) is 0.125. The molecule has 3 rings (SSSR count). The van der Waals surface area contributed by atoms with E-state index in [1.54, 1.807) is 48.5 Å². The van der Waals surface area contributed by atoms with Gasteiger partial charge in [0.05, 0.1) is 12.2 Å². The highest BCUT2D eigenvalue weighted by Gasteiger charge is 2.13. The number of carbonyl (C=O) groups is 3. The third-order valence-corrected chi connectivity index (χ3v) is 6.36. The summed E-state index contributed by atoms with van der Waals surface area (Å²) in [6.45, 7) is 4.65. The molecule has 212 valence electrons. The van der Waals surface area contributed by atoms with E-state index in [1.165, 1.54) is 12.5 Å². The molecule has 0 aliphatic carbocycles. The third-order valence-electron chi connectivity index (χ3n) is 6.36. The van der Waals surface area contributed by atoms with Gasteiger partial charge < -0.3 is 19.5 Å². The molecule has 0 fully saturated rings. The van der Waals surface area contributed by atoms with Crippen LogP contribution in [0.3, 0.4) is 0 Å². The number of ether oxygens (including phenoxy) is 3. The van der Waals surface area contributed by atoms with Crippen LogP contribution < -0.4 is 19.5 Å². The number of hydrogen-bond acceptors (Lipinski definition) is 6. The highest BCUT2D eigenvalue weighted by molar-refractivity contribution is 5.91. The van der Waals surface area contributed by atoms with Crippen molar-refractivity contribution in [2.24, 2.45) is 5.92 Å². The maximum atomic E-state index is 12.3. The number of carbonyl (C=O) groups excluding carboxylic acids is 3. The second kappa shape index (κ2) is 16.7. The average Bonchev–Trinajstić information content (AvgIpc) is 2.95. The van der Waals surface area contributed by atoms with Crippen LogP contribution in [0.4, 0.5) is 0 Å². The smallest absolute Gasteiger partial charge is 0.343 e. The van der Waals surface area contributed by atoms with Gasteiger partial charge in [-0.05, 0) is 73.4 Å². The summed E-state index contributed by atoms with van der Waals surface area (Å²) in [7, 11) is 0. The Morgan fingerprint density at radius 3 is 1.95 bits per heavy atom. The molecule has 1 atom stereocenters. The van der Waals surface area contributed by atoms with E-state index >= 15 is 0 Å². The highest BCUT2D eigenvalue weighted by Crippen LogP contribution is 2.20. The summed E-state index contributed by atoms with van der Waals surface area (Å²) in [6.07, 6.45) is 7.20. The van der Waals surface area contributed by atoms with Gasteiger partial charge in [0.2, 0.25) is 5.91 Å².